The first-order valence-corrected chi connectivity index (χ1v) is 9.09. The topological polar surface area (TPSA) is 55.6 Å². The minimum atomic E-state index is -0.519. The number of para-hydroxylation sites is 2. The zero-order chi connectivity index (χ0) is 20.1. The van der Waals surface area contributed by atoms with Crippen LogP contribution in [0, 0.1) is 0 Å². The van der Waals surface area contributed by atoms with Gasteiger partial charge in [-0.2, -0.15) is 0 Å². The number of ether oxygens (including phenoxy) is 1. The van der Waals surface area contributed by atoms with Crippen molar-refractivity contribution in [1.29, 1.82) is 0 Å². The standard InChI is InChI=1S/C23H24N2O3/c1-23(2,3)28-22(26)25(4)18-15-13-17(14-16-18)9-5-8-12-21-24-19-10-6-7-11-20(19)27-21/h5-16H,1-4H3. The van der Waals surface area contributed by atoms with E-state index >= 15 is 0 Å². The summed E-state index contributed by atoms with van der Waals surface area (Å²) >= 11 is 0. The molecule has 3 aromatic rings. The van der Waals surface area contributed by atoms with Gasteiger partial charge in [-0.15, -0.1) is 0 Å². The normalized spacial score (nSPS) is 12.1. The Morgan fingerprint density at radius 1 is 1.04 bits per heavy atom. The number of rotatable bonds is 4. The van der Waals surface area contributed by atoms with E-state index in [4.69, 9.17) is 9.15 Å². The van der Waals surface area contributed by atoms with Gasteiger partial charge in [-0.3, -0.25) is 4.90 Å². The van der Waals surface area contributed by atoms with Gasteiger partial charge in [0.05, 0.1) is 0 Å². The number of hydrogen-bond acceptors (Lipinski definition) is 4. The van der Waals surface area contributed by atoms with Gasteiger partial charge in [-0.25, -0.2) is 9.78 Å². The first-order valence-electron chi connectivity index (χ1n) is 9.09. The number of carbonyl (C=O) groups excluding carboxylic acids is 1. The number of oxazole rings is 1. The van der Waals surface area contributed by atoms with Crippen LogP contribution in [-0.4, -0.2) is 23.7 Å². The second-order valence-corrected chi connectivity index (χ2v) is 7.37. The van der Waals surface area contributed by atoms with E-state index in [0.29, 0.717) is 5.89 Å². The minimum Gasteiger partial charge on any atom is -0.443 e. The van der Waals surface area contributed by atoms with Gasteiger partial charge < -0.3 is 9.15 Å². The molecule has 0 aliphatic carbocycles. The highest BCUT2D eigenvalue weighted by Gasteiger charge is 2.20. The van der Waals surface area contributed by atoms with Crippen molar-refractivity contribution < 1.29 is 13.9 Å². The van der Waals surface area contributed by atoms with Gasteiger partial charge in [-0.05, 0) is 50.6 Å². The van der Waals surface area contributed by atoms with Crippen LogP contribution in [-0.2, 0) is 4.74 Å². The van der Waals surface area contributed by atoms with Crippen LogP contribution in [0.15, 0.2) is 65.1 Å². The van der Waals surface area contributed by atoms with Crippen molar-refractivity contribution in [3.63, 3.8) is 0 Å². The molecule has 144 valence electrons. The van der Waals surface area contributed by atoms with E-state index in [0.717, 1.165) is 22.4 Å². The maximum Gasteiger partial charge on any atom is 0.414 e. The highest BCUT2D eigenvalue weighted by molar-refractivity contribution is 5.87. The summed E-state index contributed by atoms with van der Waals surface area (Å²) in [5, 5.41) is 0. The highest BCUT2D eigenvalue weighted by atomic mass is 16.6. The Morgan fingerprint density at radius 3 is 2.39 bits per heavy atom. The van der Waals surface area contributed by atoms with E-state index in [1.165, 1.54) is 4.90 Å². The van der Waals surface area contributed by atoms with Crippen LogP contribution >= 0.6 is 0 Å². The number of fused-ring (bicyclic) bond motifs is 1. The molecule has 28 heavy (non-hydrogen) atoms. The summed E-state index contributed by atoms with van der Waals surface area (Å²) in [5.74, 6) is 0.570. The Balaban J connectivity index is 1.61. The van der Waals surface area contributed by atoms with E-state index in [9.17, 15) is 4.79 Å². The van der Waals surface area contributed by atoms with E-state index in [1.807, 2.05) is 93.6 Å². The third kappa shape index (κ3) is 5.10. The fourth-order valence-corrected chi connectivity index (χ4v) is 2.51. The first-order chi connectivity index (χ1) is 13.3. The summed E-state index contributed by atoms with van der Waals surface area (Å²) in [6.07, 6.45) is 7.21. The van der Waals surface area contributed by atoms with Crippen molar-refractivity contribution in [2.24, 2.45) is 0 Å². The molecule has 0 saturated carbocycles. The molecule has 1 aromatic heterocycles. The molecule has 0 unspecified atom stereocenters. The van der Waals surface area contributed by atoms with Crippen LogP contribution in [0.4, 0.5) is 10.5 Å². The maximum absolute atomic E-state index is 12.1. The predicted octanol–water partition coefficient (Wildman–Crippen LogP) is 5.93. The largest absolute Gasteiger partial charge is 0.443 e. The van der Waals surface area contributed by atoms with Crippen LogP contribution < -0.4 is 4.90 Å². The monoisotopic (exact) mass is 376 g/mol. The Hall–Kier alpha value is -3.34. The van der Waals surface area contributed by atoms with Gasteiger partial charge >= 0.3 is 6.09 Å². The molecular weight excluding hydrogens is 352 g/mol. The van der Waals surface area contributed by atoms with Crippen LogP contribution in [0.1, 0.15) is 32.2 Å². The molecule has 0 aliphatic rings. The molecule has 0 N–H and O–H groups in total. The summed E-state index contributed by atoms with van der Waals surface area (Å²) in [6, 6.07) is 15.3. The number of nitrogens with zero attached hydrogens (tertiary/aromatic N) is 2. The van der Waals surface area contributed by atoms with Crippen molar-refractivity contribution in [2.45, 2.75) is 26.4 Å². The lowest BCUT2D eigenvalue weighted by atomic mass is 10.2. The fourth-order valence-electron chi connectivity index (χ4n) is 2.51. The van der Waals surface area contributed by atoms with Crippen LogP contribution in [0.25, 0.3) is 23.3 Å². The highest BCUT2D eigenvalue weighted by Crippen LogP contribution is 2.18. The average Bonchev–Trinajstić information content (AvgIpc) is 3.06. The minimum absolute atomic E-state index is 0.378. The molecule has 1 amide bonds. The number of anilines is 1. The van der Waals surface area contributed by atoms with E-state index in [2.05, 4.69) is 4.98 Å². The molecule has 0 bridgehead atoms. The molecule has 1 heterocycles. The molecule has 0 atom stereocenters. The van der Waals surface area contributed by atoms with Gasteiger partial charge in [0.15, 0.2) is 5.58 Å². The number of aromatic nitrogens is 1. The van der Waals surface area contributed by atoms with Crippen LogP contribution in [0.2, 0.25) is 0 Å². The number of allylic oxidation sites excluding steroid dienone is 2. The summed E-state index contributed by atoms with van der Waals surface area (Å²) in [6.45, 7) is 5.54. The van der Waals surface area contributed by atoms with Gasteiger partial charge in [0, 0.05) is 18.8 Å². The maximum atomic E-state index is 12.1. The zero-order valence-corrected chi connectivity index (χ0v) is 16.5. The van der Waals surface area contributed by atoms with Crippen molar-refractivity contribution in [3.8, 4) is 0 Å². The summed E-state index contributed by atoms with van der Waals surface area (Å²) in [7, 11) is 1.70. The van der Waals surface area contributed by atoms with E-state index in [1.54, 1.807) is 7.05 Å². The Morgan fingerprint density at radius 2 is 1.71 bits per heavy atom. The number of amides is 1. The van der Waals surface area contributed by atoms with Gasteiger partial charge in [-0.1, -0.05) is 42.5 Å². The van der Waals surface area contributed by atoms with E-state index < -0.39 is 5.60 Å². The lowest BCUT2D eigenvalue weighted by Crippen LogP contribution is -2.34. The first kappa shape index (κ1) is 19.4. The molecule has 2 aromatic carbocycles. The molecule has 3 rings (SSSR count). The Bertz CT molecular complexity index is 975. The van der Waals surface area contributed by atoms with E-state index in [-0.39, 0.29) is 6.09 Å². The molecule has 0 radical (unpaired) electrons. The van der Waals surface area contributed by atoms with Gasteiger partial charge in [0.2, 0.25) is 5.89 Å². The van der Waals surface area contributed by atoms with Crippen molar-refractivity contribution in [2.75, 3.05) is 11.9 Å². The van der Waals surface area contributed by atoms with Crippen molar-refractivity contribution >= 4 is 35.0 Å². The molecule has 5 heteroatoms. The van der Waals surface area contributed by atoms with Crippen molar-refractivity contribution in [3.05, 3.63) is 72.1 Å². The second-order valence-electron chi connectivity index (χ2n) is 7.37. The average molecular weight is 376 g/mol. The second kappa shape index (κ2) is 8.13. The van der Waals surface area contributed by atoms with Crippen molar-refractivity contribution in [1.82, 2.24) is 4.98 Å². The number of benzene rings is 2. The number of hydrogen-bond donors (Lipinski definition) is 0. The predicted molar refractivity (Wildman–Crippen MR) is 113 cm³/mol. The third-order valence-electron chi connectivity index (χ3n) is 3.90. The lowest BCUT2D eigenvalue weighted by Gasteiger charge is -2.24. The van der Waals surface area contributed by atoms with Crippen LogP contribution in [0.3, 0.4) is 0 Å². The molecule has 0 aliphatic heterocycles. The smallest absolute Gasteiger partial charge is 0.414 e. The Labute approximate surface area is 164 Å². The molecule has 0 fully saturated rings. The van der Waals surface area contributed by atoms with Gasteiger partial charge in [0.1, 0.15) is 11.1 Å². The summed E-state index contributed by atoms with van der Waals surface area (Å²) in [5.41, 5.74) is 2.89. The molecule has 0 spiro atoms. The fraction of sp³-hybridized carbons (Fsp3) is 0.217. The number of carbonyl (C=O) groups is 1. The molecule has 0 saturated heterocycles. The quantitative estimate of drug-likeness (QED) is 0.530. The zero-order valence-electron chi connectivity index (χ0n) is 16.5. The van der Waals surface area contributed by atoms with Gasteiger partial charge in [0.25, 0.3) is 0 Å². The molecular formula is C23H24N2O3. The summed E-state index contributed by atoms with van der Waals surface area (Å²) < 4.78 is 11.0. The molecule has 5 nitrogen and oxygen atoms in total. The lowest BCUT2D eigenvalue weighted by molar-refractivity contribution is 0.0589. The Kier molecular flexibility index (Phi) is 5.64. The summed E-state index contributed by atoms with van der Waals surface area (Å²) in [4.78, 5) is 18.0. The van der Waals surface area contributed by atoms with Crippen LogP contribution in [0.5, 0.6) is 0 Å². The third-order valence-corrected chi connectivity index (χ3v) is 3.90. The SMILES string of the molecule is CN(C(=O)OC(C)(C)C)c1ccc(C=CC=Cc2nc3ccccc3o2)cc1.